The molecule has 1 N–H and O–H groups in total. The first-order chi connectivity index (χ1) is 11.5. The Kier molecular flexibility index (Phi) is 4.82. The quantitative estimate of drug-likeness (QED) is 0.890. The maximum Gasteiger partial charge on any atom is 0.335 e. The molecule has 0 bridgehead atoms. The number of aromatic carboxylic acids is 1. The van der Waals surface area contributed by atoms with Crippen molar-refractivity contribution in [2.45, 2.75) is 12.8 Å². The van der Waals surface area contributed by atoms with Gasteiger partial charge in [-0.25, -0.2) is 9.18 Å². The van der Waals surface area contributed by atoms with E-state index in [1.807, 2.05) is 0 Å². The summed E-state index contributed by atoms with van der Waals surface area (Å²) in [6, 6.07) is 3.37. The van der Waals surface area contributed by atoms with E-state index >= 15 is 0 Å². The van der Waals surface area contributed by atoms with Crippen LogP contribution in [0.3, 0.4) is 0 Å². The molecular formula is C17H20FNO5. The lowest BCUT2D eigenvalue weighted by Crippen LogP contribution is -2.44. The fraction of sp³-hybridized carbons (Fsp3) is 0.529. The third kappa shape index (κ3) is 3.42. The number of carbonyl (C=O) groups is 2. The van der Waals surface area contributed by atoms with E-state index in [1.165, 1.54) is 12.1 Å². The molecule has 2 aliphatic rings. The Morgan fingerprint density at radius 2 is 1.92 bits per heavy atom. The van der Waals surface area contributed by atoms with E-state index in [-0.39, 0.29) is 16.5 Å². The molecule has 6 nitrogen and oxygen atoms in total. The highest BCUT2D eigenvalue weighted by Gasteiger charge is 2.38. The predicted molar refractivity (Wildman–Crippen MR) is 82.6 cm³/mol. The van der Waals surface area contributed by atoms with Gasteiger partial charge in [-0.05, 0) is 31.0 Å². The van der Waals surface area contributed by atoms with Crippen LogP contribution < -0.4 is 0 Å². The number of hydrogen-bond donors (Lipinski definition) is 1. The highest BCUT2D eigenvalue weighted by Crippen LogP contribution is 2.34. The van der Waals surface area contributed by atoms with Crippen LogP contribution >= 0.6 is 0 Å². The second-order valence-corrected chi connectivity index (χ2v) is 6.39. The molecule has 0 atom stereocenters. The van der Waals surface area contributed by atoms with Crippen molar-refractivity contribution in [3.8, 4) is 0 Å². The van der Waals surface area contributed by atoms with E-state index < -0.39 is 17.7 Å². The summed E-state index contributed by atoms with van der Waals surface area (Å²) in [5.74, 6) is -2.47. The Labute approximate surface area is 139 Å². The van der Waals surface area contributed by atoms with Crippen molar-refractivity contribution in [1.29, 1.82) is 0 Å². The minimum absolute atomic E-state index is 0.107. The smallest absolute Gasteiger partial charge is 0.335 e. The monoisotopic (exact) mass is 337 g/mol. The minimum Gasteiger partial charge on any atom is -0.478 e. The standard InChI is InChI=1S/C17H20FNO5/c18-14-9-12(16(21)22)1-2-13(14)15(20)19-5-8-24-11-17(10-19)3-6-23-7-4-17/h1-2,9H,3-8,10-11H2,(H,21,22). The van der Waals surface area contributed by atoms with E-state index in [2.05, 4.69) is 0 Å². The van der Waals surface area contributed by atoms with Crippen molar-refractivity contribution in [2.24, 2.45) is 5.41 Å². The SMILES string of the molecule is O=C(O)c1ccc(C(=O)N2CCOCC3(CCOCC3)C2)c(F)c1. The van der Waals surface area contributed by atoms with Gasteiger partial charge in [0.05, 0.1) is 24.3 Å². The third-order valence-electron chi connectivity index (χ3n) is 4.73. The average molecular weight is 337 g/mol. The number of amides is 1. The number of carbonyl (C=O) groups excluding carboxylic acids is 1. The molecule has 0 saturated carbocycles. The van der Waals surface area contributed by atoms with Crippen molar-refractivity contribution in [1.82, 2.24) is 4.90 Å². The molecule has 1 aromatic carbocycles. The van der Waals surface area contributed by atoms with Crippen molar-refractivity contribution in [2.75, 3.05) is 39.5 Å². The molecule has 3 rings (SSSR count). The van der Waals surface area contributed by atoms with Gasteiger partial charge in [-0.15, -0.1) is 0 Å². The first kappa shape index (κ1) is 16.9. The van der Waals surface area contributed by atoms with Gasteiger partial charge in [0.1, 0.15) is 5.82 Å². The van der Waals surface area contributed by atoms with Gasteiger partial charge in [-0.2, -0.15) is 0 Å². The van der Waals surface area contributed by atoms with Gasteiger partial charge in [-0.3, -0.25) is 4.79 Å². The van der Waals surface area contributed by atoms with Gasteiger partial charge in [0.25, 0.3) is 5.91 Å². The molecule has 130 valence electrons. The van der Waals surface area contributed by atoms with E-state index in [9.17, 15) is 14.0 Å². The molecule has 1 spiro atoms. The lowest BCUT2D eigenvalue weighted by molar-refractivity contribution is -0.0304. The second-order valence-electron chi connectivity index (χ2n) is 6.39. The van der Waals surface area contributed by atoms with Crippen LogP contribution in [0.25, 0.3) is 0 Å². The zero-order valence-corrected chi connectivity index (χ0v) is 13.3. The fourth-order valence-electron chi connectivity index (χ4n) is 3.27. The Morgan fingerprint density at radius 3 is 2.58 bits per heavy atom. The highest BCUT2D eigenvalue weighted by atomic mass is 19.1. The molecule has 0 aliphatic carbocycles. The largest absolute Gasteiger partial charge is 0.478 e. The van der Waals surface area contributed by atoms with Crippen molar-refractivity contribution >= 4 is 11.9 Å². The molecule has 2 heterocycles. The number of nitrogens with zero attached hydrogens (tertiary/aromatic N) is 1. The molecule has 1 aromatic rings. The molecule has 2 aliphatic heterocycles. The van der Waals surface area contributed by atoms with Gasteiger partial charge in [-0.1, -0.05) is 0 Å². The summed E-state index contributed by atoms with van der Waals surface area (Å²) in [5.41, 5.74) is -0.435. The molecule has 7 heteroatoms. The summed E-state index contributed by atoms with van der Waals surface area (Å²) in [4.78, 5) is 25.2. The van der Waals surface area contributed by atoms with Crippen molar-refractivity contribution in [3.05, 3.63) is 35.1 Å². The molecule has 24 heavy (non-hydrogen) atoms. The maximum absolute atomic E-state index is 14.2. The van der Waals surface area contributed by atoms with Crippen molar-refractivity contribution < 1.29 is 28.6 Å². The minimum atomic E-state index is -1.22. The van der Waals surface area contributed by atoms with Gasteiger partial charge < -0.3 is 19.5 Å². The van der Waals surface area contributed by atoms with Crippen LogP contribution in [-0.4, -0.2) is 61.4 Å². The van der Waals surface area contributed by atoms with Crippen LogP contribution in [0.5, 0.6) is 0 Å². The Bertz CT molecular complexity index is 642. The van der Waals surface area contributed by atoms with Crippen LogP contribution in [0, 0.1) is 11.2 Å². The zero-order chi connectivity index (χ0) is 17.2. The summed E-state index contributed by atoms with van der Waals surface area (Å²) in [5, 5.41) is 8.90. The number of carboxylic acids is 1. The molecule has 0 radical (unpaired) electrons. The van der Waals surface area contributed by atoms with Crippen molar-refractivity contribution in [3.63, 3.8) is 0 Å². The lowest BCUT2D eigenvalue weighted by Gasteiger charge is -2.38. The number of benzene rings is 1. The number of hydrogen-bond acceptors (Lipinski definition) is 4. The first-order valence-corrected chi connectivity index (χ1v) is 7.98. The number of halogens is 1. The maximum atomic E-state index is 14.2. The van der Waals surface area contributed by atoms with Crippen LogP contribution in [0.4, 0.5) is 4.39 Å². The summed E-state index contributed by atoms with van der Waals surface area (Å²) >= 11 is 0. The van der Waals surface area contributed by atoms with E-state index in [0.717, 1.165) is 18.9 Å². The van der Waals surface area contributed by atoms with Crippen LogP contribution in [0.1, 0.15) is 33.6 Å². The number of ether oxygens (including phenoxy) is 2. The van der Waals surface area contributed by atoms with Gasteiger partial charge in [0.15, 0.2) is 0 Å². The Morgan fingerprint density at radius 1 is 1.17 bits per heavy atom. The Hall–Kier alpha value is -1.99. The predicted octanol–water partition coefficient (Wildman–Crippen LogP) is 1.79. The summed E-state index contributed by atoms with van der Waals surface area (Å²) < 4.78 is 25.3. The summed E-state index contributed by atoms with van der Waals surface area (Å²) in [6.45, 7) is 3.13. The number of rotatable bonds is 2. The van der Waals surface area contributed by atoms with Crippen LogP contribution in [-0.2, 0) is 9.47 Å². The molecule has 1 amide bonds. The molecule has 2 fully saturated rings. The third-order valence-corrected chi connectivity index (χ3v) is 4.73. The molecule has 2 saturated heterocycles. The normalized spacial score (nSPS) is 20.6. The van der Waals surface area contributed by atoms with Gasteiger partial charge in [0.2, 0.25) is 0 Å². The van der Waals surface area contributed by atoms with Gasteiger partial charge in [0, 0.05) is 31.7 Å². The molecular weight excluding hydrogens is 317 g/mol. The topological polar surface area (TPSA) is 76.1 Å². The van der Waals surface area contributed by atoms with E-state index in [1.54, 1.807) is 4.90 Å². The Balaban J connectivity index is 1.81. The van der Waals surface area contributed by atoms with E-state index in [0.29, 0.717) is 39.5 Å². The molecule has 0 unspecified atom stereocenters. The number of carboxylic acid groups (broad SMARTS) is 1. The van der Waals surface area contributed by atoms with Crippen LogP contribution in [0.2, 0.25) is 0 Å². The highest BCUT2D eigenvalue weighted by molar-refractivity contribution is 5.96. The average Bonchev–Trinajstić information content (AvgIpc) is 2.77. The lowest BCUT2D eigenvalue weighted by atomic mass is 9.80. The van der Waals surface area contributed by atoms with E-state index in [4.69, 9.17) is 14.6 Å². The zero-order valence-electron chi connectivity index (χ0n) is 13.3. The summed E-state index contributed by atoms with van der Waals surface area (Å²) in [7, 11) is 0. The summed E-state index contributed by atoms with van der Waals surface area (Å²) in [6.07, 6.45) is 1.61. The van der Waals surface area contributed by atoms with Gasteiger partial charge >= 0.3 is 5.97 Å². The fourth-order valence-corrected chi connectivity index (χ4v) is 3.27. The first-order valence-electron chi connectivity index (χ1n) is 7.98. The van der Waals surface area contributed by atoms with Crippen LogP contribution in [0.15, 0.2) is 18.2 Å². The second kappa shape index (κ2) is 6.86. The molecule has 0 aromatic heterocycles.